The molecule has 0 fully saturated rings. The highest BCUT2D eigenvalue weighted by molar-refractivity contribution is 5.57. The standard InChI is InChI=1S/C6H12N2/c1-6-3-4-7-8(2)5-6/h4,6H,3,5H2,1-2H3. The van der Waals surface area contributed by atoms with Crippen LogP contribution in [-0.2, 0) is 0 Å². The molecule has 1 aliphatic rings. The van der Waals surface area contributed by atoms with E-state index < -0.39 is 0 Å². The molecule has 0 saturated carbocycles. The molecule has 1 heterocycles. The molecule has 2 heteroatoms. The summed E-state index contributed by atoms with van der Waals surface area (Å²) < 4.78 is 0. The van der Waals surface area contributed by atoms with Crippen molar-refractivity contribution in [3.63, 3.8) is 0 Å². The van der Waals surface area contributed by atoms with Gasteiger partial charge in [0.2, 0.25) is 0 Å². The fourth-order valence-electron chi connectivity index (χ4n) is 0.939. The van der Waals surface area contributed by atoms with E-state index in [2.05, 4.69) is 12.0 Å². The van der Waals surface area contributed by atoms with Crippen LogP contribution >= 0.6 is 0 Å². The number of rotatable bonds is 0. The van der Waals surface area contributed by atoms with Gasteiger partial charge in [0.1, 0.15) is 0 Å². The van der Waals surface area contributed by atoms with E-state index >= 15 is 0 Å². The minimum atomic E-state index is 0.789. The van der Waals surface area contributed by atoms with Gasteiger partial charge in [-0.05, 0) is 12.3 Å². The van der Waals surface area contributed by atoms with Gasteiger partial charge in [-0.25, -0.2) is 0 Å². The molecule has 1 aliphatic heterocycles. The molecule has 0 aromatic heterocycles. The molecule has 0 spiro atoms. The Morgan fingerprint density at radius 1 is 1.75 bits per heavy atom. The van der Waals surface area contributed by atoms with Crippen LogP contribution in [0.25, 0.3) is 0 Å². The first kappa shape index (κ1) is 5.60. The Bertz CT molecular complexity index is 98.7. The summed E-state index contributed by atoms with van der Waals surface area (Å²) in [5.41, 5.74) is 0. The smallest absolute Gasteiger partial charge is 0.0386 e. The van der Waals surface area contributed by atoms with Crippen LogP contribution in [0.4, 0.5) is 0 Å². The second-order valence-electron chi connectivity index (χ2n) is 2.48. The van der Waals surface area contributed by atoms with E-state index in [1.54, 1.807) is 0 Å². The molecule has 2 nitrogen and oxygen atoms in total. The summed E-state index contributed by atoms with van der Waals surface area (Å²) in [6.45, 7) is 3.35. The summed E-state index contributed by atoms with van der Waals surface area (Å²) >= 11 is 0. The summed E-state index contributed by atoms with van der Waals surface area (Å²) in [4.78, 5) is 0. The van der Waals surface area contributed by atoms with Crippen molar-refractivity contribution >= 4 is 6.21 Å². The van der Waals surface area contributed by atoms with E-state index in [1.165, 1.54) is 0 Å². The van der Waals surface area contributed by atoms with Gasteiger partial charge in [-0.15, -0.1) is 0 Å². The number of nitrogens with zero attached hydrogens (tertiary/aromatic N) is 2. The molecule has 0 aromatic carbocycles. The van der Waals surface area contributed by atoms with Crippen LogP contribution in [0.15, 0.2) is 5.10 Å². The monoisotopic (exact) mass is 112 g/mol. The summed E-state index contributed by atoms with van der Waals surface area (Å²) in [6, 6.07) is 0. The van der Waals surface area contributed by atoms with Crippen LogP contribution in [-0.4, -0.2) is 24.8 Å². The minimum absolute atomic E-state index is 0.789. The van der Waals surface area contributed by atoms with Gasteiger partial charge in [-0.1, -0.05) is 6.92 Å². The minimum Gasteiger partial charge on any atom is -0.300 e. The van der Waals surface area contributed by atoms with Crippen LogP contribution in [0.3, 0.4) is 0 Å². The first-order valence-corrected chi connectivity index (χ1v) is 3.02. The maximum Gasteiger partial charge on any atom is 0.0386 e. The average Bonchev–Trinajstić information content (AvgIpc) is 1.64. The lowest BCUT2D eigenvalue weighted by Gasteiger charge is -2.21. The quantitative estimate of drug-likeness (QED) is 0.455. The SMILES string of the molecule is CC1CC=NN(C)C1. The second-order valence-corrected chi connectivity index (χ2v) is 2.48. The molecule has 1 rings (SSSR count). The number of hydrazone groups is 1. The third-order valence-corrected chi connectivity index (χ3v) is 1.36. The lowest BCUT2D eigenvalue weighted by molar-refractivity contribution is 0.287. The van der Waals surface area contributed by atoms with Crippen molar-refractivity contribution in [2.75, 3.05) is 13.6 Å². The van der Waals surface area contributed by atoms with Crippen LogP contribution in [0.1, 0.15) is 13.3 Å². The summed E-state index contributed by atoms with van der Waals surface area (Å²) in [6.07, 6.45) is 3.12. The molecule has 0 bridgehead atoms. The fraction of sp³-hybridized carbons (Fsp3) is 0.833. The molecule has 0 radical (unpaired) electrons. The van der Waals surface area contributed by atoms with Crippen molar-refractivity contribution in [3.05, 3.63) is 0 Å². The lowest BCUT2D eigenvalue weighted by atomic mass is 10.1. The van der Waals surface area contributed by atoms with E-state index in [0.29, 0.717) is 0 Å². The van der Waals surface area contributed by atoms with Crippen molar-refractivity contribution in [1.29, 1.82) is 0 Å². The Morgan fingerprint density at radius 2 is 2.50 bits per heavy atom. The van der Waals surface area contributed by atoms with Gasteiger partial charge in [-0.3, -0.25) is 0 Å². The molecule has 0 saturated heterocycles. The van der Waals surface area contributed by atoms with Crippen molar-refractivity contribution in [1.82, 2.24) is 5.01 Å². The molecular weight excluding hydrogens is 100 g/mol. The molecule has 0 N–H and O–H groups in total. The summed E-state index contributed by atoms with van der Waals surface area (Å²) in [5.74, 6) is 0.789. The Morgan fingerprint density at radius 3 is 2.88 bits per heavy atom. The normalized spacial score (nSPS) is 28.8. The largest absolute Gasteiger partial charge is 0.300 e. The van der Waals surface area contributed by atoms with Crippen molar-refractivity contribution in [2.45, 2.75) is 13.3 Å². The molecule has 0 amide bonds. The van der Waals surface area contributed by atoms with Gasteiger partial charge >= 0.3 is 0 Å². The predicted molar refractivity (Wildman–Crippen MR) is 34.9 cm³/mol. The molecule has 1 unspecified atom stereocenters. The third kappa shape index (κ3) is 1.22. The van der Waals surface area contributed by atoms with Crippen LogP contribution < -0.4 is 0 Å². The van der Waals surface area contributed by atoms with Crippen LogP contribution in [0, 0.1) is 5.92 Å². The second kappa shape index (κ2) is 2.16. The zero-order chi connectivity index (χ0) is 5.98. The van der Waals surface area contributed by atoms with E-state index in [0.717, 1.165) is 18.9 Å². The van der Waals surface area contributed by atoms with Gasteiger partial charge < -0.3 is 5.01 Å². The topological polar surface area (TPSA) is 15.6 Å². The van der Waals surface area contributed by atoms with E-state index in [1.807, 2.05) is 18.3 Å². The van der Waals surface area contributed by atoms with Gasteiger partial charge in [-0.2, -0.15) is 5.10 Å². The Hall–Kier alpha value is -0.530. The van der Waals surface area contributed by atoms with Crippen LogP contribution in [0.2, 0.25) is 0 Å². The maximum absolute atomic E-state index is 4.09. The summed E-state index contributed by atoms with van der Waals surface area (Å²) in [7, 11) is 2.01. The lowest BCUT2D eigenvalue weighted by Crippen LogP contribution is -2.23. The molecular formula is C6H12N2. The Labute approximate surface area is 50.2 Å². The summed E-state index contributed by atoms with van der Waals surface area (Å²) in [5, 5.41) is 6.07. The first-order chi connectivity index (χ1) is 3.79. The molecule has 0 aliphatic carbocycles. The predicted octanol–water partition coefficient (Wildman–Crippen LogP) is 0.944. The maximum atomic E-state index is 4.09. The Balaban J connectivity index is 2.42. The third-order valence-electron chi connectivity index (χ3n) is 1.36. The van der Waals surface area contributed by atoms with Crippen molar-refractivity contribution in [2.24, 2.45) is 11.0 Å². The highest BCUT2D eigenvalue weighted by Gasteiger charge is 2.06. The molecule has 46 valence electrons. The Kier molecular flexibility index (Phi) is 1.51. The van der Waals surface area contributed by atoms with Crippen LogP contribution in [0.5, 0.6) is 0 Å². The van der Waals surface area contributed by atoms with Gasteiger partial charge in [0.05, 0.1) is 0 Å². The van der Waals surface area contributed by atoms with E-state index in [-0.39, 0.29) is 0 Å². The van der Waals surface area contributed by atoms with Gasteiger partial charge in [0.25, 0.3) is 0 Å². The highest BCUT2D eigenvalue weighted by Crippen LogP contribution is 2.06. The number of hydrogen-bond acceptors (Lipinski definition) is 2. The fourth-order valence-corrected chi connectivity index (χ4v) is 0.939. The van der Waals surface area contributed by atoms with E-state index in [4.69, 9.17) is 0 Å². The zero-order valence-corrected chi connectivity index (χ0v) is 5.46. The zero-order valence-electron chi connectivity index (χ0n) is 5.46. The molecule has 1 atom stereocenters. The molecule has 8 heavy (non-hydrogen) atoms. The van der Waals surface area contributed by atoms with Crippen molar-refractivity contribution in [3.8, 4) is 0 Å². The van der Waals surface area contributed by atoms with Gasteiger partial charge in [0.15, 0.2) is 0 Å². The van der Waals surface area contributed by atoms with E-state index in [9.17, 15) is 0 Å². The highest BCUT2D eigenvalue weighted by atomic mass is 15.4. The van der Waals surface area contributed by atoms with Gasteiger partial charge in [0, 0.05) is 19.8 Å². The van der Waals surface area contributed by atoms with Crippen molar-refractivity contribution < 1.29 is 0 Å². The first-order valence-electron chi connectivity index (χ1n) is 3.02. The average molecular weight is 112 g/mol. The molecule has 0 aromatic rings. The number of hydrogen-bond donors (Lipinski definition) is 0.